The average molecular weight is 375 g/mol. The van der Waals surface area contributed by atoms with Crippen LogP contribution in [-0.4, -0.2) is 22.3 Å². The molecule has 0 aliphatic heterocycles. The van der Waals surface area contributed by atoms with Crippen LogP contribution in [0.2, 0.25) is 0 Å². The first-order valence-electron chi connectivity index (χ1n) is 6.17. The molecule has 21 heavy (non-hydrogen) atoms. The second kappa shape index (κ2) is 7.56. The Hall–Kier alpha value is -1.41. The number of nitrogens with zero attached hydrogens (tertiary/aromatic N) is 2. The van der Waals surface area contributed by atoms with E-state index in [1.54, 1.807) is 24.3 Å². The minimum Gasteiger partial charge on any atom is -0.369 e. The molecule has 0 spiro atoms. The van der Waals surface area contributed by atoms with Crippen LogP contribution in [0.25, 0.3) is 0 Å². The fraction of sp³-hybridized carbons (Fsp3) is 0.231. The van der Waals surface area contributed by atoms with Crippen LogP contribution in [-0.2, 0) is 0 Å². The summed E-state index contributed by atoms with van der Waals surface area (Å²) in [5, 5.41) is 6.14. The van der Waals surface area contributed by atoms with Gasteiger partial charge in [0.2, 0.25) is 0 Å². The Kier molecular flexibility index (Phi) is 5.75. The van der Waals surface area contributed by atoms with Crippen LogP contribution in [0, 0.1) is 0 Å². The molecule has 0 aliphatic carbocycles. The predicted molar refractivity (Wildman–Crippen MR) is 85.5 cm³/mol. The summed E-state index contributed by atoms with van der Waals surface area (Å²) in [5.74, 6) is -1.31. The number of para-hydroxylation sites is 1. The molecule has 0 aliphatic rings. The van der Waals surface area contributed by atoms with E-state index < -0.39 is 5.76 Å². The lowest BCUT2D eigenvalue weighted by atomic mass is 10.3. The SMILES string of the molecule is CCNc1ncnc(Nc2ccccc2SC(F)F)c1Br. The summed E-state index contributed by atoms with van der Waals surface area (Å²) in [4.78, 5) is 8.70. The maximum Gasteiger partial charge on any atom is 0.288 e. The molecule has 4 nitrogen and oxygen atoms in total. The first-order valence-corrected chi connectivity index (χ1v) is 7.84. The van der Waals surface area contributed by atoms with Crippen molar-refractivity contribution in [3.05, 3.63) is 35.1 Å². The number of nitrogens with one attached hydrogen (secondary N) is 2. The monoisotopic (exact) mass is 374 g/mol. The van der Waals surface area contributed by atoms with E-state index >= 15 is 0 Å². The zero-order chi connectivity index (χ0) is 15.2. The normalized spacial score (nSPS) is 10.7. The first kappa shape index (κ1) is 16.0. The zero-order valence-electron chi connectivity index (χ0n) is 11.1. The predicted octanol–water partition coefficient (Wildman–Crippen LogP) is 4.73. The number of hydrogen-bond donors (Lipinski definition) is 2. The van der Waals surface area contributed by atoms with Crippen molar-refractivity contribution in [2.75, 3.05) is 17.2 Å². The number of alkyl halides is 2. The third-order valence-corrected chi connectivity index (χ3v) is 4.03. The van der Waals surface area contributed by atoms with Gasteiger partial charge in [-0.15, -0.1) is 0 Å². The summed E-state index contributed by atoms with van der Waals surface area (Å²) in [5.41, 5.74) is 0.574. The van der Waals surface area contributed by atoms with Gasteiger partial charge >= 0.3 is 0 Å². The van der Waals surface area contributed by atoms with Crippen molar-refractivity contribution in [1.82, 2.24) is 9.97 Å². The van der Waals surface area contributed by atoms with Gasteiger partial charge in [0.25, 0.3) is 5.76 Å². The summed E-state index contributed by atoms with van der Waals surface area (Å²) in [6, 6.07) is 6.86. The summed E-state index contributed by atoms with van der Waals surface area (Å²) in [6.45, 7) is 2.67. The number of hydrogen-bond acceptors (Lipinski definition) is 5. The van der Waals surface area contributed by atoms with Crippen molar-refractivity contribution in [3.63, 3.8) is 0 Å². The number of halogens is 3. The Morgan fingerprint density at radius 3 is 2.67 bits per heavy atom. The van der Waals surface area contributed by atoms with Crippen molar-refractivity contribution in [2.24, 2.45) is 0 Å². The molecule has 8 heteroatoms. The maximum absolute atomic E-state index is 12.6. The fourth-order valence-electron chi connectivity index (χ4n) is 1.64. The molecule has 2 N–H and O–H groups in total. The third-order valence-electron chi connectivity index (χ3n) is 2.49. The topological polar surface area (TPSA) is 49.8 Å². The molecule has 1 aromatic carbocycles. The molecule has 1 heterocycles. The van der Waals surface area contributed by atoms with Crippen LogP contribution in [0.4, 0.5) is 26.1 Å². The van der Waals surface area contributed by atoms with Crippen LogP contribution in [0.3, 0.4) is 0 Å². The van der Waals surface area contributed by atoms with E-state index in [-0.39, 0.29) is 0 Å². The molecular formula is C13H13BrF2N4S. The lowest BCUT2D eigenvalue weighted by Crippen LogP contribution is -2.04. The van der Waals surface area contributed by atoms with Crippen LogP contribution < -0.4 is 10.6 Å². The first-order chi connectivity index (χ1) is 10.1. The third kappa shape index (κ3) is 4.28. The van der Waals surface area contributed by atoms with Crippen molar-refractivity contribution < 1.29 is 8.78 Å². The van der Waals surface area contributed by atoms with Crippen LogP contribution in [0.15, 0.2) is 40.0 Å². The second-order valence-electron chi connectivity index (χ2n) is 3.91. The highest BCUT2D eigenvalue weighted by molar-refractivity contribution is 9.10. The van der Waals surface area contributed by atoms with E-state index in [4.69, 9.17) is 0 Å². The minimum absolute atomic E-state index is 0.461. The molecule has 112 valence electrons. The molecule has 2 rings (SSSR count). The van der Waals surface area contributed by atoms with Gasteiger partial charge in [-0.05, 0) is 35.0 Å². The van der Waals surface area contributed by atoms with E-state index in [0.29, 0.717) is 45.0 Å². The molecule has 0 fully saturated rings. The number of thioether (sulfide) groups is 1. The Balaban J connectivity index is 2.28. The maximum atomic E-state index is 12.6. The largest absolute Gasteiger partial charge is 0.369 e. The highest BCUT2D eigenvalue weighted by Crippen LogP contribution is 2.35. The Morgan fingerprint density at radius 1 is 1.24 bits per heavy atom. The van der Waals surface area contributed by atoms with Crippen molar-refractivity contribution >= 4 is 45.0 Å². The lowest BCUT2D eigenvalue weighted by molar-refractivity contribution is 0.252. The Labute approximate surface area is 133 Å². The van der Waals surface area contributed by atoms with Gasteiger partial charge in [-0.1, -0.05) is 23.9 Å². The van der Waals surface area contributed by atoms with E-state index in [0.717, 1.165) is 0 Å². The Morgan fingerprint density at radius 2 is 1.95 bits per heavy atom. The number of aromatic nitrogens is 2. The van der Waals surface area contributed by atoms with Crippen molar-refractivity contribution in [2.45, 2.75) is 17.6 Å². The van der Waals surface area contributed by atoms with E-state index in [1.165, 1.54) is 6.33 Å². The molecule has 0 unspecified atom stereocenters. The van der Waals surface area contributed by atoms with Gasteiger partial charge < -0.3 is 10.6 Å². The van der Waals surface area contributed by atoms with E-state index in [9.17, 15) is 8.78 Å². The summed E-state index contributed by atoms with van der Waals surface area (Å²) < 4.78 is 25.8. The summed E-state index contributed by atoms with van der Waals surface area (Å²) >= 11 is 3.90. The van der Waals surface area contributed by atoms with Crippen LogP contribution in [0.5, 0.6) is 0 Å². The molecule has 0 amide bonds. The van der Waals surface area contributed by atoms with E-state index in [2.05, 4.69) is 36.5 Å². The lowest BCUT2D eigenvalue weighted by Gasteiger charge is -2.13. The highest BCUT2D eigenvalue weighted by Gasteiger charge is 2.13. The molecule has 0 bridgehead atoms. The van der Waals surface area contributed by atoms with Gasteiger partial charge in [0.15, 0.2) is 0 Å². The van der Waals surface area contributed by atoms with Gasteiger partial charge in [0, 0.05) is 11.4 Å². The van der Waals surface area contributed by atoms with Crippen LogP contribution >= 0.6 is 27.7 Å². The summed E-state index contributed by atoms with van der Waals surface area (Å²) in [7, 11) is 0. The molecule has 1 aromatic heterocycles. The Bertz CT molecular complexity index is 612. The molecular weight excluding hydrogens is 362 g/mol. The standard InChI is InChI=1S/C13H13BrF2N4S/c1-2-17-11-10(14)12(19-7-18-11)20-8-5-3-4-6-9(8)21-13(15)16/h3-7,13H,2H2,1H3,(H2,17,18,19,20). The number of rotatable bonds is 6. The van der Waals surface area contributed by atoms with Gasteiger partial charge in [-0.2, -0.15) is 8.78 Å². The van der Waals surface area contributed by atoms with Gasteiger partial charge in [0.05, 0.1) is 5.69 Å². The highest BCUT2D eigenvalue weighted by atomic mass is 79.9. The quantitative estimate of drug-likeness (QED) is 0.715. The molecule has 0 radical (unpaired) electrons. The zero-order valence-corrected chi connectivity index (χ0v) is 13.5. The van der Waals surface area contributed by atoms with Gasteiger partial charge in [-0.3, -0.25) is 0 Å². The van der Waals surface area contributed by atoms with E-state index in [1.807, 2.05) is 6.92 Å². The number of benzene rings is 1. The van der Waals surface area contributed by atoms with Crippen molar-refractivity contribution in [1.29, 1.82) is 0 Å². The molecule has 2 aromatic rings. The fourth-order valence-corrected chi connectivity index (χ4v) is 2.68. The van der Waals surface area contributed by atoms with Gasteiger partial charge in [0.1, 0.15) is 22.4 Å². The summed E-state index contributed by atoms with van der Waals surface area (Å²) in [6.07, 6.45) is 1.41. The van der Waals surface area contributed by atoms with Gasteiger partial charge in [-0.25, -0.2) is 9.97 Å². The second-order valence-corrected chi connectivity index (χ2v) is 5.74. The molecule has 0 atom stereocenters. The number of anilines is 3. The smallest absolute Gasteiger partial charge is 0.288 e. The van der Waals surface area contributed by atoms with Crippen LogP contribution in [0.1, 0.15) is 6.92 Å². The average Bonchev–Trinajstić information content (AvgIpc) is 2.45. The van der Waals surface area contributed by atoms with Crippen molar-refractivity contribution in [3.8, 4) is 0 Å². The minimum atomic E-state index is -2.47. The molecule has 0 saturated heterocycles. The molecule has 0 saturated carbocycles.